The first-order valence-corrected chi connectivity index (χ1v) is 5.19. The van der Waals surface area contributed by atoms with E-state index in [1.807, 2.05) is 18.2 Å². The van der Waals surface area contributed by atoms with Crippen molar-refractivity contribution < 1.29 is 5.11 Å². The molecule has 2 N–H and O–H groups in total. The minimum absolute atomic E-state index is 0.0266. The molecular weight excluding hydrogens is 174 g/mol. The highest BCUT2D eigenvalue weighted by Crippen LogP contribution is 1.99. The van der Waals surface area contributed by atoms with Crippen molar-refractivity contribution >= 4 is 0 Å². The number of aliphatic hydroxyl groups excluding tert-OH is 1. The molecule has 1 aliphatic rings. The molecule has 0 saturated carbocycles. The van der Waals surface area contributed by atoms with Gasteiger partial charge in [-0.25, -0.2) is 0 Å². The van der Waals surface area contributed by atoms with E-state index in [2.05, 4.69) is 24.4 Å². The van der Waals surface area contributed by atoms with Crippen LogP contribution in [0.5, 0.6) is 0 Å². The van der Waals surface area contributed by atoms with Crippen molar-refractivity contribution in [2.24, 2.45) is 0 Å². The Labute approximate surface area is 86.0 Å². The maximum atomic E-state index is 8.87. The minimum Gasteiger partial charge on any atom is -0.393 e. The fourth-order valence-corrected chi connectivity index (χ4v) is 1.34. The summed E-state index contributed by atoms with van der Waals surface area (Å²) < 4.78 is 0. The van der Waals surface area contributed by atoms with Gasteiger partial charge >= 0.3 is 0 Å². The first kappa shape index (κ1) is 11.2. The van der Waals surface area contributed by atoms with Crippen LogP contribution in [-0.4, -0.2) is 24.3 Å². The molecule has 78 valence electrons. The zero-order valence-electron chi connectivity index (χ0n) is 8.74. The van der Waals surface area contributed by atoms with E-state index in [0.717, 1.165) is 25.9 Å². The van der Waals surface area contributed by atoms with Crippen LogP contribution in [0.3, 0.4) is 0 Å². The number of piperidine rings is 1. The van der Waals surface area contributed by atoms with E-state index in [1.165, 1.54) is 5.56 Å². The minimum atomic E-state index is -0.0266. The molecule has 0 unspecified atom stereocenters. The van der Waals surface area contributed by atoms with E-state index in [-0.39, 0.29) is 6.10 Å². The van der Waals surface area contributed by atoms with Crippen LogP contribution >= 0.6 is 0 Å². The van der Waals surface area contributed by atoms with Crippen molar-refractivity contribution in [2.75, 3.05) is 13.1 Å². The molecule has 2 heteroatoms. The van der Waals surface area contributed by atoms with Crippen LogP contribution in [0.4, 0.5) is 0 Å². The Morgan fingerprint density at radius 2 is 1.71 bits per heavy atom. The third kappa shape index (κ3) is 5.00. The van der Waals surface area contributed by atoms with Gasteiger partial charge < -0.3 is 10.4 Å². The van der Waals surface area contributed by atoms with Gasteiger partial charge in [-0.15, -0.1) is 0 Å². The standard InChI is InChI=1S/C7H8.C5H11NO/c1-7-5-3-2-4-6-7;7-5-1-3-6-4-2-5/h2-6H,1H3;5-7H,1-4H2. The molecule has 14 heavy (non-hydrogen) atoms. The molecule has 1 heterocycles. The van der Waals surface area contributed by atoms with Crippen molar-refractivity contribution in [3.05, 3.63) is 35.9 Å². The van der Waals surface area contributed by atoms with E-state index in [4.69, 9.17) is 5.11 Å². The van der Waals surface area contributed by atoms with E-state index in [1.54, 1.807) is 0 Å². The molecule has 0 spiro atoms. The SMILES string of the molecule is Cc1ccccc1.OC1CCNCC1. The molecule has 0 aliphatic carbocycles. The highest BCUT2D eigenvalue weighted by molar-refractivity contribution is 5.11. The summed E-state index contributed by atoms with van der Waals surface area (Å²) in [5.41, 5.74) is 1.32. The van der Waals surface area contributed by atoms with Crippen molar-refractivity contribution in [1.29, 1.82) is 0 Å². The van der Waals surface area contributed by atoms with Crippen LogP contribution in [0.15, 0.2) is 30.3 Å². The van der Waals surface area contributed by atoms with E-state index in [9.17, 15) is 0 Å². The molecule has 0 bridgehead atoms. The van der Waals surface area contributed by atoms with Gasteiger partial charge in [-0.2, -0.15) is 0 Å². The van der Waals surface area contributed by atoms with Crippen molar-refractivity contribution in [2.45, 2.75) is 25.9 Å². The van der Waals surface area contributed by atoms with E-state index < -0.39 is 0 Å². The molecule has 1 fully saturated rings. The molecule has 1 saturated heterocycles. The number of rotatable bonds is 0. The molecule has 0 amide bonds. The van der Waals surface area contributed by atoms with E-state index in [0.29, 0.717) is 0 Å². The summed E-state index contributed by atoms with van der Waals surface area (Å²) in [6.45, 7) is 4.06. The summed E-state index contributed by atoms with van der Waals surface area (Å²) in [5, 5.41) is 12.0. The van der Waals surface area contributed by atoms with Gasteiger partial charge in [0.25, 0.3) is 0 Å². The van der Waals surface area contributed by atoms with Gasteiger partial charge in [-0.1, -0.05) is 35.9 Å². The second kappa shape index (κ2) is 6.57. The summed E-state index contributed by atoms with van der Waals surface area (Å²) >= 11 is 0. The van der Waals surface area contributed by atoms with Gasteiger partial charge in [0.1, 0.15) is 0 Å². The molecule has 1 aromatic rings. The van der Waals surface area contributed by atoms with Gasteiger partial charge in [0, 0.05) is 0 Å². The molecular formula is C12H19NO. The van der Waals surface area contributed by atoms with Crippen molar-refractivity contribution in [1.82, 2.24) is 5.32 Å². The Kier molecular flexibility index (Phi) is 5.27. The van der Waals surface area contributed by atoms with E-state index >= 15 is 0 Å². The van der Waals surface area contributed by atoms with Gasteiger partial charge in [-0.3, -0.25) is 0 Å². The average Bonchev–Trinajstić information content (AvgIpc) is 2.21. The van der Waals surface area contributed by atoms with Gasteiger partial charge in [-0.05, 0) is 32.9 Å². The third-order valence-corrected chi connectivity index (χ3v) is 2.25. The summed E-state index contributed by atoms with van der Waals surface area (Å²) in [6.07, 6.45) is 1.83. The Morgan fingerprint density at radius 3 is 2.00 bits per heavy atom. The molecule has 0 atom stereocenters. The van der Waals surface area contributed by atoms with Crippen LogP contribution in [0.1, 0.15) is 18.4 Å². The Hall–Kier alpha value is -0.860. The number of hydrogen-bond donors (Lipinski definition) is 2. The predicted octanol–water partition coefficient (Wildman–Crippen LogP) is 1.73. The molecule has 0 radical (unpaired) electrons. The monoisotopic (exact) mass is 193 g/mol. The average molecular weight is 193 g/mol. The Balaban J connectivity index is 0.000000140. The maximum Gasteiger partial charge on any atom is 0.0564 e. The number of aryl methyl sites for hydroxylation is 1. The molecule has 2 nitrogen and oxygen atoms in total. The lowest BCUT2D eigenvalue weighted by atomic mass is 10.1. The normalized spacial score (nSPS) is 17.0. The summed E-state index contributed by atoms with van der Waals surface area (Å²) in [6, 6.07) is 10.3. The van der Waals surface area contributed by atoms with Gasteiger partial charge in [0.05, 0.1) is 6.10 Å². The number of benzene rings is 1. The fourth-order valence-electron chi connectivity index (χ4n) is 1.34. The van der Waals surface area contributed by atoms with Crippen LogP contribution < -0.4 is 5.32 Å². The molecule has 2 rings (SSSR count). The van der Waals surface area contributed by atoms with Crippen molar-refractivity contribution in [3.8, 4) is 0 Å². The van der Waals surface area contributed by atoms with Gasteiger partial charge in [0.15, 0.2) is 0 Å². The second-order valence-electron chi connectivity index (χ2n) is 3.64. The topological polar surface area (TPSA) is 32.3 Å². The highest BCUT2D eigenvalue weighted by atomic mass is 16.3. The Bertz CT molecular complexity index is 229. The largest absolute Gasteiger partial charge is 0.393 e. The first-order valence-electron chi connectivity index (χ1n) is 5.19. The molecule has 1 aromatic carbocycles. The zero-order chi connectivity index (χ0) is 10.2. The number of aliphatic hydroxyl groups is 1. The van der Waals surface area contributed by atoms with Crippen LogP contribution in [0, 0.1) is 6.92 Å². The number of hydrogen-bond acceptors (Lipinski definition) is 2. The molecule has 1 aliphatic heterocycles. The van der Waals surface area contributed by atoms with Crippen molar-refractivity contribution in [3.63, 3.8) is 0 Å². The zero-order valence-corrected chi connectivity index (χ0v) is 8.74. The predicted molar refractivity (Wildman–Crippen MR) is 59.3 cm³/mol. The van der Waals surface area contributed by atoms with Crippen LogP contribution in [0.2, 0.25) is 0 Å². The Morgan fingerprint density at radius 1 is 1.14 bits per heavy atom. The quantitative estimate of drug-likeness (QED) is 0.657. The molecule has 0 aromatic heterocycles. The lowest BCUT2D eigenvalue weighted by Gasteiger charge is -2.16. The lowest BCUT2D eigenvalue weighted by Crippen LogP contribution is -2.30. The highest BCUT2D eigenvalue weighted by Gasteiger charge is 2.06. The summed E-state index contributed by atoms with van der Waals surface area (Å²) in [5.74, 6) is 0. The first-order chi connectivity index (χ1) is 6.79. The van der Waals surface area contributed by atoms with Crippen LogP contribution in [-0.2, 0) is 0 Å². The second-order valence-corrected chi connectivity index (χ2v) is 3.64. The fraction of sp³-hybridized carbons (Fsp3) is 0.500. The third-order valence-electron chi connectivity index (χ3n) is 2.25. The van der Waals surface area contributed by atoms with Crippen LogP contribution in [0.25, 0.3) is 0 Å². The smallest absolute Gasteiger partial charge is 0.0564 e. The summed E-state index contributed by atoms with van der Waals surface area (Å²) in [7, 11) is 0. The maximum absolute atomic E-state index is 8.87. The summed E-state index contributed by atoms with van der Waals surface area (Å²) in [4.78, 5) is 0. The number of nitrogens with one attached hydrogen (secondary N) is 1. The lowest BCUT2D eigenvalue weighted by molar-refractivity contribution is 0.137. The van der Waals surface area contributed by atoms with Gasteiger partial charge in [0.2, 0.25) is 0 Å².